The van der Waals surface area contributed by atoms with Gasteiger partial charge >= 0.3 is 0 Å². The van der Waals surface area contributed by atoms with Crippen LogP contribution in [0.1, 0.15) is 18.4 Å². The molecule has 82 valence electrons. The van der Waals surface area contributed by atoms with E-state index in [1.54, 1.807) is 0 Å². The first-order valence-electron chi connectivity index (χ1n) is 4.54. The Hall–Kier alpha value is -1.00. The van der Waals surface area contributed by atoms with Gasteiger partial charge in [-0.3, -0.25) is 0 Å². The van der Waals surface area contributed by atoms with Crippen LogP contribution in [-0.2, 0) is 5.54 Å². The minimum atomic E-state index is -0.624. The molecule has 2 rings (SSSR count). The van der Waals surface area contributed by atoms with E-state index in [-0.39, 0.29) is 16.5 Å². The number of ether oxygens (including phenoxy) is 1. The maximum Gasteiger partial charge on any atom is 0.176 e. The largest absolute Gasteiger partial charge is 0.506 e. The van der Waals surface area contributed by atoms with Gasteiger partial charge in [0.05, 0.1) is 7.11 Å². The lowest BCUT2D eigenvalue weighted by Crippen LogP contribution is -2.19. The van der Waals surface area contributed by atoms with Crippen LogP contribution in [0.25, 0.3) is 0 Å². The zero-order valence-corrected chi connectivity index (χ0v) is 8.94. The predicted molar refractivity (Wildman–Crippen MR) is 54.7 cm³/mol. The average Bonchev–Trinajstić information content (AvgIpc) is 2.92. The quantitative estimate of drug-likeness (QED) is 0.820. The van der Waals surface area contributed by atoms with Crippen LogP contribution in [0, 0.1) is 5.82 Å². The van der Waals surface area contributed by atoms with Crippen molar-refractivity contribution >= 4 is 11.6 Å². The number of hydrogen-bond donors (Lipinski definition) is 2. The molecule has 15 heavy (non-hydrogen) atoms. The van der Waals surface area contributed by atoms with Crippen molar-refractivity contribution in [1.82, 2.24) is 0 Å². The molecule has 1 fully saturated rings. The van der Waals surface area contributed by atoms with Gasteiger partial charge in [-0.25, -0.2) is 4.39 Å². The number of hydrogen-bond acceptors (Lipinski definition) is 3. The van der Waals surface area contributed by atoms with Crippen molar-refractivity contribution in [2.75, 3.05) is 7.11 Å². The molecule has 0 radical (unpaired) electrons. The first-order chi connectivity index (χ1) is 6.99. The smallest absolute Gasteiger partial charge is 0.176 e. The summed E-state index contributed by atoms with van der Waals surface area (Å²) in [5.74, 6) is -0.941. The molecule has 0 aliphatic heterocycles. The molecule has 1 aromatic carbocycles. The first kappa shape index (κ1) is 10.5. The molecule has 0 unspecified atom stereocenters. The van der Waals surface area contributed by atoms with Crippen molar-refractivity contribution in [2.45, 2.75) is 18.4 Å². The fourth-order valence-electron chi connectivity index (χ4n) is 1.56. The summed E-state index contributed by atoms with van der Waals surface area (Å²) in [6.45, 7) is 0. The van der Waals surface area contributed by atoms with Crippen LogP contribution in [0.5, 0.6) is 11.5 Å². The molecule has 0 heterocycles. The number of phenols is 1. The van der Waals surface area contributed by atoms with Gasteiger partial charge in [0.2, 0.25) is 0 Å². The number of methoxy groups -OCH3 is 1. The Morgan fingerprint density at radius 2 is 2.20 bits per heavy atom. The molecular weight excluding hydrogens is 221 g/mol. The third kappa shape index (κ3) is 1.54. The highest BCUT2D eigenvalue weighted by atomic mass is 35.5. The maximum atomic E-state index is 13.5. The van der Waals surface area contributed by atoms with Crippen molar-refractivity contribution in [3.63, 3.8) is 0 Å². The van der Waals surface area contributed by atoms with Gasteiger partial charge in [-0.05, 0) is 18.9 Å². The molecule has 1 aliphatic rings. The number of phenolic OH excluding ortho intramolecular Hbond substituents is 1. The van der Waals surface area contributed by atoms with Crippen LogP contribution in [0.4, 0.5) is 4.39 Å². The molecule has 5 heteroatoms. The summed E-state index contributed by atoms with van der Waals surface area (Å²) >= 11 is 5.77. The summed E-state index contributed by atoms with van der Waals surface area (Å²) in [5, 5.41) is 9.63. The molecule has 0 spiro atoms. The van der Waals surface area contributed by atoms with Crippen LogP contribution in [0.15, 0.2) is 6.07 Å². The zero-order valence-electron chi connectivity index (χ0n) is 8.18. The van der Waals surface area contributed by atoms with E-state index in [4.69, 9.17) is 22.1 Å². The fraction of sp³-hybridized carbons (Fsp3) is 0.400. The van der Waals surface area contributed by atoms with Crippen LogP contribution >= 0.6 is 11.6 Å². The number of benzene rings is 1. The van der Waals surface area contributed by atoms with Crippen molar-refractivity contribution in [1.29, 1.82) is 0 Å². The molecular formula is C10H11ClFNO2. The van der Waals surface area contributed by atoms with Crippen LogP contribution in [0.2, 0.25) is 5.02 Å². The molecule has 0 saturated heterocycles. The SMILES string of the molecule is COc1c(F)cc(C2(N)CC2)c(O)c1Cl. The van der Waals surface area contributed by atoms with Crippen LogP contribution in [-0.4, -0.2) is 12.2 Å². The third-order valence-electron chi connectivity index (χ3n) is 2.68. The minimum absolute atomic E-state index is 0.121. The van der Waals surface area contributed by atoms with E-state index in [0.29, 0.717) is 5.56 Å². The monoisotopic (exact) mass is 231 g/mol. The van der Waals surface area contributed by atoms with E-state index >= 15 is 0 Å². The molecule has 1 aliphatic carbocycles. The normalized spacial score (nSPS) is 17.6. The van der Waals surface area contributed by atoms with Gasteiger partial charge in [0, 0.05) is 11.1 Å². The Morgan fingerprint density at radius 3 is 2.67 bits per heavy atom. The van der Waals surface area contributed by atoms with E-state index in [1.807, 2.05) is 0 Å². The molecule has 1 aromatic rings. The first-order valence-corrected chi connectivity index (χ1v) is 4.92. The van der Waals surface area contributed by atoms with Crippen molar-refractivity contribution in [3.8, 4) is 11.5 Å². The zero-order chi connectivity index (χ0) is 11.2. The highest BCUT2D eigenvalue weighted by Crippen LogP contribution is 2.50. The van der Waals surface area contributed by atoms with Gasteiger partial charge in [-0.2, -0.15) is 0 Å². The summed E-state index contributed by atoms with van der Waals surface area (Å²) in [6, 6.07) is 1.19. The Morgan fingerprint density at radius 1 is 1.60 bits per heavy atom. The van der Waals surface area contributed by atoms with Gasteiger partial charge in [0.25, 0.3) is 0 Å². The number of halogens is 2. The molecule has 3 nitrogen and oxygen atoms in total. The van der Waals surface area contributed by atoms with Crippen molar-refractivity contribution in [2.24, 2.45) is 5.73 Å². The van der Waals surface area contributed by atoms with E-state index in [2.05, 4.69) is 0 Å². The van der Waals surface area contributed by atoms with E-state index in [1.165, 1.54) is 13.2 Å². The lowest BCUT2D eigenvalue weighted by molar-refractivity contribution is 0.378. The fourth-order valence-corrected chi connectivity index (χ4v) is 1.83. The van der Waals surface area contributed by atoms with Gasteiger partial charge < -0.3 is 15.6 Å². The third-order valence-corrected chi connectivity index (χ3v) is 3.03. The Bertz CT molecular complexity index is 418. The van der Waals surface area contributed by atoms with Crippen molar-refractivity contribution < 1.29 is 14.2 Å². The summed E-state index contributed by atoms with van der Waals surface area (Å²) in [4.78, 5) is 0. The second kappa shape index (κ2) is 3.25. The molecule has 0 aromatic heterocycles. The maximum absolute atomic E-state index is 13.5. The van der Waals surface area contributed by atoms with Gasteiger partial charge in [0.15, 0.2) is 11.6 Å². The second-order valence-electron chi connectivity index (χ2n) is 3.76. The Balaban J connectivity index is 2.59. The number of aromatic hydroxyl groups is 1. The van der Waals surface area contributed by atoms with Gasteiger partial charge in [0.1, 0.15) is 10.8 Å². The molecule has 0 bridgehead atoms. The number of nitrogens with two attached hydrogens (primary N) is 1. The standard InChI is InChI=1S/C10H11ClFNO2/c1-15-9-6(12)4-5(8(14)7(9)11)10(13)2-3-10/h4,14H,2-3,13H2,1H3. The summed E-state index contributed by atoms with van der Waals surface area (Å²) < 4.78 is 18.2. The van der Waals surface area contributed by atoms with E-state index in [0.717, 1.165) is 12.8 Å². The lowest BCUT2D eigenvalue weighted by Gasteiger charge is -2.15. The minimum Gasteiger partial charge on any atom is -0.506 e. The van der Waals surface area contributed by atoms with Gasteiger partial charge in [-0.15, -0.1) is 0 Å². The van der Waals surface area contributed by atoms with Gasteiger partial charge in [-0.1, -0.05) is 11.6 Å². The van der Waals surface area contributed by atoms with Crippen molar-refractivity contribution in [3.05, 3.63) is 22.5 Å². The topological polar surface area (TPSA) is 55.5 Å². The van der Waals surface area contributed by atoms with E-state index < -0.39 is 11.4 Å². The highest BCUT2D eigenvalue weighted by Gasteiger charge is 2.43. The predicted octanol–water partition coefficient (Wildman–Crippen LogP) is 2.14. The molecule has 0 atom stereocenters. The summed E-state index contributed by atoms with van der Waals surface area (Å²) in [7, 11) is 1.29. The Kier molecular flexibility index (Phi) is 2.28. The average molecular weight is 232 g/mol. The highest BCUT2D eigenvalue weighted by molar-refractivity contribution is 6.33. The lowest BCUT2D eigenvalue weighted by atomic mass is 10.0. The summed E-state index contributed by atoms with van der Waals surface area (Å²) in [6.07, 6.45) is 1.45. The molecule has 3 N–H and O–H groups in total. The van der Waals surface area contributed by atoms with Crippen LogP contribution < -0.4 is 10.5 Å². The number of rotatable bonds is 2. The van der Waals surface area contributed by atoms with Crippen LogP contribution in [0.3, 0.4) is 0 Å². The summed E-state index contributed by atoms with van der Waals surface area (Å²) in [5.41, 5.74) is 5.60. The Labute approximate surface area is 91.6 Å². The molecule has 1 saturated carbocycles. The second-order valence-corrected chi connectivity index (χ2v) is 4.14. The van der Waals surface area contributed by atoms with E-state index in [9.17, 15) is 9.50 Å². The molecule has 0 amide bonds.